The number of aromatic nitrogens is 3. The van der Waals surface area contributed by atoms with Gasteiger partial charge in [-0.3, -0.25) is 4.98 Å². The Morgan fingerprint density at radius 2 is 1.78 bits per heavy atom. The summed E-state index contributed by atoms with van der Waals surface area (Å²) < 4.78 is 0. The first-order valence-electron chi connectivity index (χ1n) is 5.89. The van der Waals surface area contributed by atoms with Gasteiger partial charge in [-0.2, -0.15) is 0 Å². The zero-order chi connectivity index (χ0) is 12.8. The molecular weight excluding hydrogens is 226 g/mol. The fourth-order valence-corrected chi connectivity index (χ4v) is 1.59. The molecule has 0 spiro atoms. The molecule has 1 N–H and O–H groups in total. The summed E-state index contributed by atoms with van der Waals surface area (Å²) in [6, 6.07) is 3.90. The molecule has 0 saturated carbocycles. The molecule has 2 aromatic rings. The van der Waals surface area contributed by atoms with Crippen LogP contribution in [0, 0.1) is 0 Å². The molecule has 0 saturated heterocycles. The second kappa shape index (κ2) is 6.07. The number of rotatable bonds is 5. The molecule has 0 aromatic carbocycles. The first-order chi connectivity index (χ1) is 8.81. The Morgan fingerprint density at radius 3 is 2.39 bits per heavy atom. The van der Waals surface area contributed by atoms with Crippen LogP contribution in [0.15, 0.2) is 36.9 Å². The van der Waals surface area contributed by atoms with Gasteiger partial charge in [-0.25, -0.2) is 9.97 Å². The van der Waals surface area contributed by atoms with Gasteiger partial charge in [0.2, 0.25) is 5.95 Å². The minimum atomic E-state index is 0.739. The molecule has 18 heavy (non-hydrogen) atoms. The average molecular weight is 243 g/mol. The summed E-state index contributed by atoms with van der Waals surface area (Å²) in [5, 5.41) is 3.10. The maximum atomic E-state index is 4.37. The molecule has 0 radical (unpaired) electrons. The van der Waals surface area contributed by atoms with E-state index in [1.54, 1.807) is 12.4 Å². The lowest BCUT2D eigenvalue weighted by Crippen LogP contribution is -2.28. The first kappa shape index (κ1) is 12.4. The van der Waals surface area contributed by atoms with Crippen LogP contribution in [0.1, 0.15) is 0 Å². The average Bonchev–Trinajstić information content (AvgIpc) is 2.46. The third kappa shape index (κ3) is 3.01. The van der Waals surface area contributed by atoms with Gasteiger partial charge in [0, 0.05) is 50.5 Å². The highest BCUT2D eigenvalue weighted by atomic mass is 15.2. The lowest BCUT2D eigenvalue weighted by atomic mass is 10.1. The van der Waals surface area contributed by atoms with Crippen molar-refractivity contribution < 1.29 is 0 Å². The zero-order valence-electron chi connectivity index (χ0n) is 10.7. The third-order valence-electron chi connectivity index (χ3n) is 2.69. The largest absolute Gasteiger partial charge is 0.343 e. The van der Waals surface area contributed by atoms with Crippen LogP contribution in [-0.2, 0) is 0 Å². The minimum Gasteiger partial charge on any atom is -0.343 e. The van der Waals surface area contributed by atoms with E-state index in [0.29, 0.717) is 0 Å². The van der Waals surface area contributed by atoms with Gasteiger partial charge in [0.25, 0.3) is 0 Å². The number of likely N-dealkylation sites (N-methyl/N-ethyl adjacent to an activating group) is 2. The highest BCUT2D eigenvalue weighted by Gasteiger charge is 2.04. The molecule has 0 aliphatic rings. The molecule has 5 heteroatoms. The third-order valence-corrected chi connectivity index (χ3v) is 2.69. The van der Waals surface area contributed by atoms with Crippen molar-refractivity contribution in [2.75, 3.05) is 32.1 Å². The van der Waals surface area contributed by atoms with Crippen LogP contribution < -0.4 is 10.2 Å². The van der Waals surface area contributed by atoms with Crippen molar-refractivity contribution in [1.29, 1.82) is 0 Å². The lowest BCUT2D eigenvalue weighted by Gasteiger charge is -2.16. The highest BCUT2D eigenvalue weighted by molar-refractivity contribution is 5.61. The van der Waals surface area contributed by atoms with E-state index in [4.69, 9.17) is 0 Å². The van der Waals surface area contributed by atoms with Crippen molar-refractivity contribution in [2.45, 2.75) is 0 Å². The summed E-state index contributed by atoms with van der Waals surface area (Å²) >= 11 is 0. The van der Waals surface area contributed by atoms with E-state index in [9.17, 15) is 0 Å². The molecule has 0 bridgehead atoms. The van der Waals surface area contributed by atoms with E-state index in [1.165, 1.54) is 0 Å². The van der Waals surface area contributed by atoms with E-state index in [1.807, 2.05) is 43.5 Å². The SMILES string of the molecule is CNCCN(C)c1ncc(-c2ccncc2)cn1. The molecule has 0 fully saturated rings. The van der Waals surface area contributed by atoms with E-state index in [0.717, 1.165) is 30.2 Å². The van der Waals surface area contributed by atoms with Crippen LogP contribution in [0.2, 0.25) is 0 Å². The Kier molecular flexibility index (Phi) is 4.20. The summed E-state index contributed by atoms with van der Waals surface area (Å²) in [7, 11) is 3.92. The number of nitrogens with zero attached hydrogens (tertiary/aromatic N) is 4. The predicted molar refractivity (Wildman–Crippen MR) is 72.5 cm³/mol. The fraction of sp³-hybridized carbons (Fsp3) is 0.308. The second-order valence-electron chi connectivity index (χ2n) is 4.03. The van der Waals surface area contributed by atoms with E-state index >= 15 is 0 Å². The number of pyridine rings is 1. The van der Waals surface area contributed by atoms with Crippen molar-refractivity contribution >= 4 is 5.95 Å². The van der Waals surface area contributed by atoms with Crippen LogP contribution in [0.5, 0.6) is 0 Å². The minimum absolute atomic E-state index is 0.739. The first-order valence-corrected chi connectivity index (χ1v) is 5.89. The summed E-state index contributed by atoms with van der Waals surface area (Å²) in [6.45, 7) is 1.79. The van der Waals surface area contributed by atoms with Crippen molar-refractivity contribution in [3.05, 3.63) is 36.9 Å². The van der Waals surface area contributed by atoms with Gasteiger partial charge in [0.1, 0.15) is 0 Å². The Bertz CT molecular complexity index is 469. The van der Waals surface area contributed by atoms with E-state index in [-0.39, 0.29) is 0 Å². The van der Waals surface area contributed by atoms with Gasteiger partial charge in [0.05, 0.1) is 0 Å². The van der Waals surface area contributed by atoms with Crippen LogP contribution in [-0.4, -0.2) is 42.1 Å². The molecule has 0 unspecified atom stereocenters. The standard InChI is InChI=1S/C13H17N5/c1-14-7-8-18(2)13-16-9-12(10-17-13)11-3-5-15-6-4-11/h3-6,9-10,14H,7-8H2,1-2H3. The normalized spacial score (nSPS) is 10.3. The van der Waals surface area contributed by atoms with E-state index in [2.05, 4.69) is 20.3 Å². The summed E-state index contributed by atoms with van der Waals surface area (Å²) in [5.74, 6) is 0.739. The monoisotopic (exact) mass is 243 g/mol. The van der Waals surface area contributed by atoms with Gasteiger partial charge in [-0.15, -0.1) is 0 Å². The van der Waals surface area contributed by atoms with Gasteiger partial charge in [0.15, 0.2) is 0 Å². The number of anilines is 1. The maximum absolute atomic E-state index is 4.37. The fourth-order valence-electron chi connectivity index (χ4n) is 1.59. The second-order valence-corrected chi connectivity index (χ2v) is 4.03. The van der Waals surface area contributed by atoms with Crippen molar-refractivity contribution in [3.63, 3.8) is 0 Å². The lowest BCUT2D eigenvalue weighted by molar-refractivity contribution is 0.753. The summed E-state index contributed by atoms with van der Waals surface area (Å²) in [5.41, 5.74) is 2.08. The molecule has 2 heterocycles. The molecule has 0 amide bonds. The topological polar surface area (TPSA) is 53.9 Å². The summed E-state index contributed by atoms with van der Waals surface area (Å²) in [6.07, 6.45) is 7.21. The Balaban J connectivity index is 2.10. The van der Waals surface area contributed by atoms with Crippen LogP contribution in [0.25, 0.3) is 11.1 Å². The van der Waals surface area contributed by atoms with Gasteiger partial charge in [-0.05, 0) is 24.7 Å². The Hall–Kier alpha value is -2.01. The highest BCUT2D eigenvalue weighted by Crippen LogP contribution is 2.17. The van der Waals surface area contributed by atoms with Gasteiger partial charge in [-0.1, -0.05) is 0 Å². The predicted octanol–water partition coefficient (Wildman–Crippen LogP) is 1.19. The molecular formula is C13H17N5. The molecule has 94 valence electrons. The maximum Gasteiger partial charge on any atom is 0.225 e. The van der Waals surface area contributed by atoms with Crippen molar-refractivity contribution in [1.82, 2.24) is 20.3 Å². The molecule has 0 atom stereocenters. The van der Waals surface area contributed by atoms with Crippen molar-refractivity contribution in [2.24, 2.45) is 0 Å². The number of nitrogens with one attached hydrogen (secondary N) is 1. The molecule has 0 aliphatic carbocycles. The van der Waals surface area contributed by atoms with Gasteiger partial charge < -0.3 is 10.2 Å². The molecule has 2 rings (SSSR count). The van der Waals surface area contributed by atoms with Gasteiger partial charge >= 0.3 is 0 Å². The number of hydrogen-bond donors (Lipinski definition) is 1. The smallest absolute Gasteiger partial charge is 0.225 e. The van der Waals surface area contributed by atoms with E-state index < -0.39 is 0 Å². The molecule has 0 aliphatic heterocycles. The Morgan fingerprint density at radius 1 is 1.11 bits per heavy atom. The van der Waals surface area contributed by atoms with Crippen LogP contribution in [0.3, 0.4) is 0 Å². The van der Waals surface area contributed by atoms with Crippen LogP contribution >= 0.6 is 0 Å². The van der Waals surface area contributed by atoms with Crippen molar-refractivity contribution in [3.8, 4) is 11.1 Å². The quantitative estimate of drug-likeness (QED) is 0.855. The molecule has 5 nitrogen and oxygen atoms in total. The molecule has 2 aromatic heterocycles. The Labute approximate surface area is 107 Å². The summed E-state index contributed by atoms with van der Waals surface area (Å²) in [4.78, 5) is 14.8. The van der Waals surface area contributed by atoms with Crippen LogP contribution in [0.4, 0.5) is 5.95 Å². The number of hydrogen-bond acceptors (Lipinski definition) is 5. The zero-order valence-corrected chi connectivity index (χ0v) is 10.7.